The van der Waals surface area contributed by atoms with Crippen LogP contribution in [-0.4, -0.2) is 37.4 Å². The topological polar surface area (TPSA) is 47.6 Å². The number of carbonyl (C=O) groups excluding carboxylic acids is 1. The molecule has 14 heavy (non-hydrogen) atoms. The van der Waals surface area contributed by atoms with Gasteiger partial charge in [0.05, 0.1) is 13.2 Å². The fourth-order valence-corrected chi connectivity index (χ4v) is 2.33. The first-order valence-corrected chi connectivity index (χ1v) is 5.20. The average molecular weight is 199 g/mol. The molecule has 0 radical (unpaired) electrons. The lowest BCUT2D eigenvalue weighted by molar-refractivity contribution is -0.153. The van der Waals surface area contributed by atoms with E-state index in [0.717, 1.165) is 19.3 Å². The van der Waals surface area contributed by atoms with E-state index in [1.165, 1.54) is 7.11 Å². The van der Waals surface area contributed by atoms with Crippen LogP contribution in [0.25, 0.3) is 0 Å². The smallest absolute Gasteiger partial charge is 0.335 e. The van der Waals surface area contributed by atoms with Crippen LogP contribution in [0, 0.1) is 0 Å². The Kier molecular flexibility index (Phi) is 2.74. The number of methoxy groups -OCH3 is 1. The van der Waals surface area contributed by atoms with E-state index in [4.69, 9.17) is 4.74 Å². The molecule has 0 aliphatic carbocycles. The van der Waals surface area contributed by atoms with Gasteiger partial charge in [0.15, 0.2) is 6.10 Å². The van der Waals surface area contributed by atoms with E-state index in [1.807, 2.05) is 0 Å². The van der Waals surface area contributed by atoms with Gasteiger partial charge in [-0.25, -0.2) is 4.79 Å². The summed E-state index contributed by atoms with van der Waals surface area (Å²) in [5, 5.41) is 3.45. The molecule has 0 aromatic carbocycles. The summed E-state index contributed by atoms with van der Waals surface area (Å²) >= 11 is 0. The minimum atomic E-state index is -0.354. The van der Waals surface area contributed by atoms with Crippen LogP contribution in [0.15, 0.2) is 0 Å². The second-order valence-corrected chi connectivity index (χ2v) is 4.17. The summed E-state index contributed by atoms with van der Waals surface area (Å²) in [5.41, 5.74) is 0. The zero-order chi connectivity index (χ0) is 10.1. The van der Waals surface area contributed by atoms with E-state index in [-0.39, 0.29) is 18.2 Å². The van der Waals surface area contributed by atoms with Gasteiger partial charge in [0.25, 0.3) is 0 Å². The summed E-state index contributed by atoms with van der Waals surface area (Å²) in [6.07, 6.45) is 2.77. The fourth-order valence-electron chi connectivity index (χ4n) is 2.33. The molecule has 1 N–H and O–H groups in total. The minimum absolute atomic E-state index is 0.204. The van der Waals surface area contributed by atoms with E-state index in [9.17, 15) is 4.79 Å². The van der Waals surface area contributed by atoms with Gasteiger partial charge in [0.2, 0.25) is 0 Å². The molecule has 0 spiro atoms. The molecule has 80 valence electrons. The van der Waals surface area contributed by atoms with Gasteiger partial charge in [-0.2, -0.15) is 0 Å². The molecule has 2 aliphatic heterocycles. The third-order valence-electron chi connectivity index (χ3n) is 3.10. The summed E-state index contributed by atoms with van der Waals surface area (Å²) < 4.78 is 10.3. The van der Waals surface area contributed by atoms with Crippen molar-refractivity contribution in [2.45, 2.75) is 50.5 Å². The standard InChI is InChI=1S/C10H17NO3/c1-6-3-4-8-7(11-6)5-9(14-8)10(12)13-2/h6-9,11H,3-5H2,1-2H3/t6-,7-,8-,9-/m0/s1. The summed E-state index contributed by atoms with van der Waals surface area (Å²) in [5.74, 6) is -0.242. The largest absolute Gasteiger partial charge is 0.467 e. The Bertz CT molecular complexity index is 231. The van der Waals surface area contributed by atoms with Gasteiger partial charge in [0, 0.05) is 18.5 Å². The van der Waals surface area contributed by atoms with E-state index >= 15 is 0 Å². The first-order valence-electron chi connectivity index (χ1n) is 5.20. The molecule has 0 aromatic heterocycles. The highest BCUT2D eigenvalue weighted by molar-refractivity contribution is 5.75. The normalized spacial score (nSPS) is 41.9. The van der Waals surface area contributed by atoms with Crippen molar-refractivity contribution < 1.29 is 14.3 Å². The highest BCUT2D eigenvalue weighted by Gasteiger charge is 2.41. The predicted molar refractivity (Wildman–Crippen MR) is 50.9 cm³/mol. The quantitative estimate of drug-likeness (QED) is 0.623. The van der Waals surface area contributed by atoms with E-state index in [0.29, 0.717) is 12.1 Å². The SMILES string of the molecule is COC(=O)[C@@H]1C[C@@H]2N[C@@H](C)CC[C@@H]2O1. The summed E-state index contributed by atoms with van der Waals surface area (Å²) in [7, 11) is 1.41. The molecule has 0 unspecified atom stereocenters. The molecule has 2 heterocycles. The van der Waals surface area contributed by atoms with Gasteiger partial charge in [-0.05, 0) is 19.8 Å². The van der Waals surface area contributed by atoms with E-state index in [1.54, 1.807) is 0 Å². The Hall–Kier alpha value is -0.610. The number of piperidine rings is 1. The molecule has 4 nitrogen and oxygen atoms in total. The number of fused-ring (bicyclic) bond motifs is 1. The van der Waals surface area contributed by atoms with Crippen LogP contribution in [0.3, 0.4) is 0 Å². The average Bonchev–Trinajstić information content (AvgIpc) is 2.59. The van der Waals surface area contributed by atoms with Crippen LogP contribution in [0.1, 0.15) is 26.2 Å². The summed E-state index contributed by atoms with van der Waals surface area (Å²) in [6.45, 7) is 2.17. The summed E-state index contributed by atoms with van der Waals surface area (Å²) in [6, 6.07) is 0.874. The van der Waals surface area contributed by atoms with Gasteiger partial charge in [-0.1, -0.05) is 0 Å². The number of esters is 1. The van der Waals surface area contributed by atoms with Crippen LogP contribution in [0.4, 0.5) is 0 Å². The van der Waals surface area contributed by atoms with Crippen molar-refractivity contribution in [1.29, 1.82) is 0 Å². The van der Waals surface area contributed by atoms with Crippen molar-refractivity contribution in [1.82, 2.24) is 5.32 Å². The molecule has 0 bridgehead atoms. The molecule has 4 atom stereocenters. The molecular formula is C10H17NO3. The monoisotopic (exact) mass is 199 g/mol. The van der Waals surface area contributed by atoms with Gasteiger partial charge in [-0.3, -0.25) is 0 Å². The number of ether oxygens (including phenoxy) is 2. The predicted octanol–water partition coefficient (Wildman–Crippen LogP) is 0.457. The van der Waals surface area contributed by atoms with Crippen molar-refractivity contribution in [2.24, 2.45) is 0 Å². The lowest BCUT2D eigenvalue weighted by atomic mass is 9.96. The van der Waals surface area contributed by atoms with Gasteiger partial charge < -0.3 is 14.8 Å². The maximum absolute atomic E-state index is 11.3. The fraction of sp³-hybridized carbons (Fsp3) is 0.900. The first kappa shape index (κ1) is 9.93. The Morgan fingerprint density at radius 2 is 2.29 bits per heavy atom. The zero-order valence-corrected chi connectivity index (χ0v) is 8.66. The zero-order valence-electron chi connectivity index (χ0n) is 8.66. The minimum Gasteiger partial charge on any atom is -0.467 e. The molecule has 0 saturated carbocycles. The highest BCUT2D eigenvalue weighted by Crippen LogP contribution is 2.28. The molecular weight excluding hydrogens is 182 g/mol. The molecule has 2 saturated heterocycles. The van der Waals surface area contributed by atoms with Gasteiger partial charge in [-0.15, -0.1) is 0 Å². The van der Waals surface area contributed by atoms with E-state index in [2.05, 4.69) is 17.0 Å². The van der Waals surface area contributed by atoms with Crippen molar-refractivity contribution in [3.63, 3.8) is 0 Å². The lowest BCUT2D eigenvalue weighted by Gasteiger charge is -2.29. The Morgan fingerprint density at radius 1 is 1.50 bits per heavy atom. The Labute approximate surface area is 84.0 Å². The molecule has 2 fully saturated rings. The molecule has 2 aliphatic rings. The van der Waals surface area contributed by atoms with Gasteiger partial charge in [0.1, 0.15) is 0 Å². The Morgan fingerprint density at radius 3 is 3.00 bits per heavy atom. The third kappa shape index (κ3) is 1.77. The second-order valence-electron chi connectivity index (χ2n) is 4.17. The first-order chi connectivity index (χ1) is 6.70. The maximum Gasteiger partial charge on any atom is 0.335 e. The molecule has 4 heteroatoms. The van der Waals surface area contributed by atoms with E-state index < -0.39 is 0 Å². The van der Waals surface area contributed by atoms with Gasteiger partial charge >= 0.3 is 5.97 Å². The highest BCUT2D eigenvalue weighted by atomic mass is 16.6. The maximum atomic E-state index is 11.3. The van der Waals surface area contributed by atoms with Crippen LogP contribution in [-0.2, 0) is 14.3 Å². The van der Waals surface area contributed by atoms with Crippen LogP contribution in [0.5, 0.6) is 0 Å². The number of hydrogen-bond donors (Lipinski definition) is 1. The van der Waals surface area contributed by atoms with Crippen molar-refractivity contribution in [3.8, 4) is 0 Å². The number of carbonyl (C=O) groups is 1. The van der Waals surface area contributed by atoms with Crippen molar-refractivity contribution >= 4 is 5.97 Å². The lowest BCUT2D eigenvalue weighted by Crippen LogP contribution is -2.46. The molecule has 0 aromatic rings. The van der Waals surface area contributed by atoms with Crippen LogP contribution >= 0.6 is 0 Å². The second kappa shape index (κ2) is 3.87. The van der Waals surface area contributed by atoms with Crippen LogP contribution < -0.4 is 5.32 Å². The Balaban J connectivity index is 1.95. The van der Waals surface area contributed by atoms with Crippen LogP contribution in [0.2, 0.25) is 0 Å². The number of hydrogen-bond acceptors (Lipinski definition) is 4. The van der Waals surface area contributed by atoms with Crippen molar-refractivity contribution in [2.75, 3.05) is 7.11 Å². The summed E-state index contributed by atoms with van der Waals surface area (Å²) in [4.78, 5) is 11.3. The van der Waals surface area contributed by atoms with Crippen molar-refractivity contribution in [3.05, 3.63) is 0 Å². The molecule has 0 amide bonds. The third-order valence-corrected chi connectivity index (χ3v) is 3.10. The number of nitrogens with one attached hydrogen (secondary N) is 1. The number of rotatable bonds is 1. The molecule has 2 rings (SSSR count).